The van der Waals surface area contributed by atoms with Gasteiger partial charge in [-0.2, -0.15) is 0 Å². The Balaban J connectivity index is 2.41. The first-order chi connectivity index (χ1) is 17.3. The van der Waals surface area contributed by atoms with Crippen LogP contribution in [-0.4, -0.2) is 83.8 Å². The summed E-state index contributed by atoms with van der Waals surface area (Å²) in [4.78, 5) is 59.9. The highest BCUT2D eigenvalue weighted by molar-refractivity contribution is 5.87. The van der Waals surface area contributed by atoms with E-state index in [0.29, 0.717) is 5.56 Å². The molecule has 0 saturated carbocycles. The van der Waals surface area contributed by atoms with Crippen LogP contribution in [0.3, 0.4) is 0 Å². The third kappa shape index (κ3) is 8.02. The number of methoxy groups -OCH3 is 1. The van der Waals surface area contributed by atoms with Crippen molar-refractivity contribution in [1.29, 1.82) is 0 Å². The maximum Gasteiger partial charge on any atom is 0.333 e. The fraction of sp³-hybridized carbons (Fsp3) is 0.458. The van der Waals surface area contributed by atoms with Crippen molar-refractivity contribution in [3.8, 4) is 11.5 Å². The second-order valence-corrected chi connectivity index (χ2v) is 7.95. The molecule has 0 aromatic heterocycles. The Hall–Kier alpha value is -3.97. The summed E-state index contributed by atoms with van der Waals surface area (Å²) < 4.78 is 31.4. The number of carbonyl (C=O) groups excluding carboxylic acids is 5. The molecule has 13 heteroatoms. The molecule has 6 atom stereocenters. The molecule has 1 aromatic carbocycles. The Bertz CT molecular complexity index is 1060. The van der Waals surface area contributed by atoms with Gasteiger partial charge in [0.05, 0.1) is 7.11 Å². The SMILES string of the molecule is COc1cc(/C=C/C(=O)O[C@@H]2O[C@H](C(O)C(C)=O)[C@H](OC(C)=O)[C@H](OC(C)=O)[C@H]2OC(C)=O)ccc1O. The summed E-state index contributed by atoms with van der Waals surface area (Å²) in [5.74, 6) is -4.41. The van der Waals surface area contributed by atoms with Gasteiger partial charge in [0.15, 0.2) is 29.5 Å². The van der Waals surface area contributed by atoms with Crippen LogP contribution >= 0.6 is 0 Å². The van der Waals surface area contributed by atoms with Crippen LogP contribution in [0.4, 0.5) is 0 Å². The number of phenolic OH excluding ortho intramolecular Hbond substituents is 1. The standard InChI is InChI=1S/C24H28O13/c1-11(25)19(31)20-21(33-12(2)26)22(34-13(3)27)23(35-14(4)28)24(37-20)36-18(30)9-7-15-6-8-16(29)17(10-15)32-5/h6-10,19-24,29,31H,1-5H3/b9-7+/t19?,20-,21+,22+,23-,24-/m1/s1. The number of hydrogen-bond donors (Lipinski definition) is 2. The van der Waals surface area contributed by atoms with Gasteiger partial charge in [-0.3, -0.25) is 19.2 Å². The van der Waals surface area contributed by atoms with E-state index >= 15 is 0 Å². The topological polar surface area (TPSA) is 181 Å². The van der Waals surface area contributed by atoms with Crippen molar-refractivity contribution >= 4 is 35.7 Å². The Morgan fingerprint density at radius 3 is 2.00 bits per heavy atom. The number of Topliss-reactive ketones (excluding diaryl/α,β-unsaturated/α-hetero) is 1. The summed E-state index contributed by atoms with van der Waals surface area (Å²) in [6, 6.07) is 4.27. The molecule has 2 N–H and O–H groups in total. The van der Waals surface area contributed by atoms with E-state index in [0.717, 1.165) is 33.8 Å². The second-order valence-electron chi connectivity index (χ2n) is 7.95. The summed E-state index contributed by atoms with van der Waals surface area (Å²) >= 11 is 0. The molecule has 37 heavy (non-hydrogen) atoms. The van der Waals surface area contributed by atoms with Gasteiger partial charge in [0, 0.05) is 26.8 Å². The number of carbonyl (C=O) groups is 5. The normalized spacial score (nSPS) is 24.0. The first-order valence-corrected chi connectivity index (χ1v) is 10.9. The van der Waals surface area contributed by atoms with E-state index < -0.39 is 66.5 Å². The smallest absolute Gasteiger partial charge is 0.333 e. The molecule has 0 bridgehead atoms. The fourth-order valence-corrected chi connectivity index (χ4v) is 3.50. The van der Waals surface area contributed by atoms with Gasteiger partial charge >= 0.3 is 23.9 Å². The largest absolute Gasteiger partial charge is 0.504 e. The molecule has 13 nitrogen and oxygen atoms in total. The third-order valence-electron chi connectivity index (χ3n) is 5.01. The quantitative estimate of drug-likeness (QED) is 0.258. The van der Waals surface area contributed by atoms with Crippen LogP contribution in [0.25, 0.3) is 6.08 Å². The minimum atomic E-state index is -1.89. The number of phenols is 1. The molecule has 2 rings (SSSR count). The number of benzene rings is 1. The lowest BCUT2D eigenvalue weighted by atomic mass is 9.93. The lowest BCUT2D eigenvalue weighted by molar-refractivity contribution is -0.304. The van der Waals surface area contributed by atoms with Crippen molar-refractivity contribution < 1.29 is 62.6 Å². The highest BCUT2D eigenvalue weighted by Crippen LogP contribution is 2.32. The van der Waals surface area contributed by atoms with Gasteiger partial charge in [-0.15, -0.1) is 0 Å². The molecule has 0 aliphatic carbocycles. The van der Waals surface area contributed by atoms with Crippen LogP contribution in [0.1, 0.15) is 33.3 Å². The number of ether oxygens (including phenoxy) is 6. The zero-order valence-electron chi connectivity index (χ0n) is 20.7. The molecule has 0 spiro atoms. The minimum absolute atomic E-state index is 0.115. The number of esters is 4. The molecule has 1 unspecified atom stereocenters. The van der Waals surface area contributed by atoms with E-state index in [1.54, 1.807) is 0 Å². The minimum Gasteiger partial charge on any atom is -0.504 e. The molecular formula is C24H28O13. The zero-order valence-corrected chi connectivity index (χ0v) is 20.7. The van der Waals surface area contributed by atoms with E-state index in [4.69, 9.17) is 28.4 Å². The van der Waals surface area contributed by atoms with Crippen molar-refractivity contribution in [3.05, 3.63) is 29.8 Å². The molecule has 1 fully saturated rings. The molecule has 0 amide bonds. The summed E-state index contributed by atoms with van der Waals surface area (Å²) in [6.07, 6.45) is -7.86. The van der Waals surface area contributed by atoms with E-state index in [1.807, 2.05) is 0 Å². The number of aliphatic hydroxyl groups excluding tert-OH is 1. The van der Waals surface area contributed by atoms with Gasteiger partial charge in [-0.25, -0.2) is 4.79 Å². The number of rotatable bonds is 9. The van der Waals surface area contributed by atoms with Crippen molar-refractivity contribution in [2.24, 2.45) is 0 Å². The summed E-state index contributed by atoms with van der Waals surface area (Å²) in [5.41, 5.74) is 0.449. The molecule has 0 radical (unpaired) electrons. The summed E-state index contributed by atoms with van der Waals surface area (Å²) in [7, 11) is 1.35. The molecule has 1 heterocycles. The Morgan fingerprint density at radius 2 is 1.46 bits per heavy atom. The molecule has 1 aromatic rings. The molecule has 1 aliphatic heterocycles. The van der Waals surface area contributed by atoms with E-state index in [-0.39, 0.29) is 11.5 Å². The van der Waals surface area contributed by atoms with Crippen molar-refractivity contribution in [3.63, 3.8) is 0 Å². The maximum atomic E-state index is 12.6. The second kappa shape index (κ2) is 12.8. The van der Waals surface area contributed by atoms with Gasteiger partial charge in [-0.05, 0) is 30.7 Å². The first kappa shape index (κ1) is 29.3. The van der Waals surface area contributed by atoms with E-state index in [9.17, 15) is 34.2 Å². The van der Waals surface area contributed by atoms with Gasteiger partial charge in [-0.1, -0.05) is 6.07 Å². The number of aromatic hydroxyl groups is 1. The van der Waals surface area contributed by atoms with Crippen molar-refractivity contribution in [2.75, 3.05) is 7.11 Å². The average molecular weight is 524 g/mol. The lowest BCUT2D eigenvalue weighted by Crippen LogP contribution is -2.65. The van der Waals surface area contributed by atoms with Crippen molar-refractivity contribution in [1.82, 2.24) is 0 Å². The van der Waals surface area contributed by atoms with Crippen LogP contribution < -0.4 is 4.74 Å². The third-order valence-corrected chi connectivity index (χ3v) is 5.01. The average Bonchev–Trinajstić information content (AvgIpc) is 2.80. The molecule has 1 saturated heterocycles. The molecular weight excluding hydrogens is 496 g/mol. The van der Waals surface area contributed by atoms with Crippen LogP contribution in [0.5, 0.6) is 11.5 Å². The van der Waals surface area contributed by atoms with Gasteiger partial charge < -0.3 is 38.6 Å². The van der Waals surface area contributed by atoms with Crippen LogP contribution in [0.2, 0.25) is 0 Å². The maximum absolute atomic E-state index is 12.6. The van der Waals surface area contributed by atoms with Crippen LogP contribution in [0, 0.1) is 0 Å². The lowest BCUT2D eigenvalue weighted by Gasteiger charge is -2.44. The van der Waals surface area contributed by atoms with Crippen molar-refractivity contribution in [2.45, 2.75) is 64.5 Å². The molecule has 202 valence electrons. The van der Waals surface area contributed by atoms with Crippen LogP contribution in [-0.2, 0) is 47.7 Å². The van der Waals surface area contributed by atoms with Crippen LogP contribution in [0.15, 0.2) is 24.3 Å². The Kier molecular flexibility index (Phi) is 10.1. The summed E-state index contributed by atoms with van der Waals surface area (Å²) in [5, 5.41) is 20.1. The summed E-state index contributed by atoms with van der Waals surface area (Å²) in [6.45, 7) is 4.11. The van der Waals surface area contributed by atoms with E-state index in [2.05, 4.69) is 0 Å². The number of aliphatic hydroxyl groups is 1. The fourth-order valence-electron chi connectivity index (χ4n) is 3.50. The predicted molar refractivity (Wildman–Crippen MR) is 122 cm³/mol. The number of hydrogen-bond acceptors (Lipinski definition) is 13. The monoisotopic (exact) mass is 524 g/mol. The Labute approximate surface area is 211 Å². The van der Waals surface area contributed by atoms with Gasteiger partial charge in [0.2, 0.25) is 12.4 Å². The van der Waals surface area contributed by atoms with E-state index in [1.165, 1.54) is 31.4 Å². The molecule has 1 aliphatic rings. The zero-order chi connectivity index (χ0) is 27.9. The number of ketones is 1. The Morgan fingerprint density at radius 1 is 0.892 bits per heavy atom. The van der Waals surface area contributed by atoms with Gasteiger partial charge in [0.25, 0.3) is 0 Å². The van der Waals surface area contributed by atoms with Gasteiger partial charge in [0.1, 0.15) is 12.2 Å². The highest BCUT2D eigenvalue weighted by Gasteiger charge is 2.55. The first-order valence-electron chi connectivity index (χ1n) is 10.9. The predicted octanol–water partition coefficient (Wildman–Crippen LogP) is 0.427. The highest BCUT2D eigenvalue weighted by atomic mass is 16.7.